The number of aryl methyl sites for hydroxylation is 2. The summed E-state index contributed by atoms with van der Waals surface area (Å²) in [6, 6.07) is 7.37. The second-order valence-electron chi connectivity index (χ2n) is 5.00. The molecule has 0 aliphatic heterocycles. The maximum absolute atomic E-state index is 12.1. The van der Waals surface area contributed by atoms with Crippen molar-refractivity contribution in [3.63, 3.8) is 0 Å². The van der Waals surface area contributed by atoms with Crippen LogP contribution in [0.2, 0.25) is 5.02 Å². The van der Waals surface area contributed by atoms with E-state index in [2.05, 4.69) is 10.4 Å². The number of hydrogen-bond donors (Lipinski definition) is 1. The molecule has 1 aromatic carbocycles. The Morgan fingerprint density at radius 3 is 2.75 bits per heavy atom. The SMILES string of the molecule is Cc1ccn(C(C)CC(=O)Nc2ccc(Cl)cc2C)n1. The molecule has 0 aliphatic rings. The molecule has 1 atom stereocenters. The Hall–Kier alpha value is -1.81. The highest BCUT2D eigenvalue weighted by Gasteiger charge is 2.12. The fraction of sp³-hybridized carbons (Fsp3) is 0.333. The maximum atomic E-state index is 12.1. The Morgan fingerprint density at radius 2 is 2.15 bits per heavy atom. The fourth-order valence-corrected chi connectivity index (χ4v) is 2.24. The van der Waals surface area contributed by atoms with E-state index in [1.54, 1.807) is 6.07 Å². The van der Waals surface area contributed by atoms with Crippen LogP contribution in [0.25, 0.3) is 0 Å². The highest BCUT2D eigenvalue weighted by molar-refractivity contribution is 6.30. The van der Waals surface area contributed by atoms with Crippen molar-refractivity contribution < 1.29 is 4.79 Å². The third kappa shape index (κ3) is 3.61. The first-order chi connectivity index (χ1) is 9.45. The number of nitrogens with one attached hydrogen (secondary N) is 1. The van der Waals surface area contributed by atoms with E-state index >= 15 is 0 Å². The molecule has 1 N–H and O–H groups in total. The maximum Gasteiger partial charge on any atom is 0.226 e. The molecule has 106 valence electrons. The van der Waals surface area contributed by atoms with E-state index in [0.717, 1.165) is 16.9 Å². The predicted molar refractivity (Wildman–Crippen MR) is 81.1 cm³/mol. The largest absolute Gasteiger partial charge is 0.326 e. The monoisotopic (exact) mass is 291 g/mol. The molecule has 1 unspecified atom stereocenters. The van der Waals surface area contributed by atoms with Crippen LogP contribution in [0.4, 0.5) is 5.69 Å². The van der Waals surface area contributed by atoms with Crippen LogP contribution in [0.1, 0.15) is 30.6 Å². The molecule has 1 aromatic heterocycles. The van der Waals surface area contributed by atoms with Crippen LogP contribution in [0.3, 0.4) is 0 Å². The zero-order valence-electron chi connectivity index (χ0n) is 11.9. The van der Waals surface area contributed by atoms with Crippen molar-refractivity contribution >= 4 is 23.2 Å². The molecule has 0 saturated carbocycles. The van der Waals surface area contributed by atoms with Gasteiger partial charge in [0.05, 0.1) is 11.7 Å². The van der Waals surface area contributed by atoms with Crippen molar-refractivity contribution in [2.24, 2.45) is 0 Å². The highest BCUT2D eigenvalue weighted by atomic mass is 35.5. The van der Waals surface area contributed by atoms with Gasteiger partial charge in [-0.1, -0.05) is 11.6 Å². The second kappa shape index (κ2) is 6.09. The van der Waals surface area contributed by atoms with Gasteiger partial charge in [0.15, 0.2) is 0 Å². The number of hydrogen-bond acceptors (Lipinski definition) is 2. The number of rotatable bonds is 4. The van der Waals surface area contributed by atoms with Gasteiger partial charge in [0, 0.05) is 23.3 Å². The highest BCUT2D eigenvalue weighted by Crippen LogP contribution is 2.20. The van der Waals surface area contributed by atoms with Gasteiger partial charge in [-0.05, 0) is 50.6 Å². The quantitative estimate of drug-likeness (QED) is 0.933. The first-order valence-corrected chi connectivity index (χ1v) is 6.91. The summed E-state index contributed by atoms with van der Waals surface area (Å²) >= 11 is 5.90. The first kappa shape index (κ1) is 14.6. The van der Waals surface area contributed by atoms with E-state index < -0.39 is 0 Å². The second-order valence-corrected chi connectivity index (χ2v) is 5.43. The molecule has 0 fully saturated rings. The number of halogens is 1. The van der Waals surface area contributed by atoms with Gasteiger partial charge in [-0.15, -0.1) is 0 Å². The molecule has 1 heterocycles. The normalized spacial score (nSPS) is 12.2. The van der Waals surface area contributed by atoms with Crippen LogP contribution >= 0.6 is 11.6 Å². The topological polar surface area (TPSA) is 46.9 Å². The van der Waals surface area contributed by atoms with E-state index in [1.807, 2.05) is 49.8 Å². The summed E-state index contributed by atoms with van der Waals surface area (Å²) < 4.78 is 1.81. The molecule has 0 saturated heterocycles. The van der Waals surface area contributed by atoms with Crippen LogP contribution in [-0.4, -0.2) is 15.7 Å². The number of amides is 1. The van der Waals surface area contributed by atoms with Gasteiger partial charge in [0.25, 0.3) is 0 Å². The summed E-state index contributed by atoms with van der Waals surface area (Å²) in [4.78, 5) is 12.1. The van der Waals surface area contributed by atoms with E-state index in [1.165, 1.54) is 0 Å². The van der Waals surface area contributed by atoms with Crippen molar-refractivity contribution in [1.29, 1.82) is 0 Å². The zero-order valence-corrected chi connectivity index (χ0v) is 12.6. The van der Waals surface area contributed by atoms with E-state index in [-0.39, 0.29) is 11.9 Å². The summed E-state index contributed by atoms with van der Waals surface area (Å²) in [6.45, 7) is 5.82. The molecule has 0 radical (unpaired) electrons. The summed E-state index contributed by atoms with van der Waals surface area (Å²) in [5.74, 6) is -0.0314. The smallest absolute Gasteiger partial charge is 0.226 e. The summed E-state index contributed by atoms with van der Waals surface area (Å²) in [5.41, 5.74) is 2.70. The molecule has 2 aromatic rings. The molecule has 5 heteroatoms. The lowest BCUT2D eigenvalue weighted by atomic mass is 10.2. The Balaban J connectivity index is 1.98. The fourth-order valence-electron chi connectivity index (χ4n) is 2.01. The van der Waals surface area contributed by atoms with Gasteiger partial charge in [0.1, 0.15) is 0 Å². The lowest BCUT2D eigenvalue weighted by molar-refractivity contribution is -0.116. The van der Waals surface area contributed by atoms with Crippen molar-refractivity contribution in [2.45, 2.75) is 33.2 Å². The van der Waals surface area contributed by atoms with Crippen LogP contribution in [0.5, 0.6) is 0 Å². The molecule has 0 bridgehead atoms. The number of carbonyl (C=O) groups excluding carboxylic acids is 1. The third-order valence-electron chi connectivity index (χ3n) is 3.14. The van der Waals surface area contributed by atoms with Crippen molar-refractivity contribution in [1.82, 2.24) is 9.78 Å². The van der Waals surface area contributed by atoms with Crippen molar-refractivity contribution in [2.75, 3.05) is 5.32 Å². The Morgan fingerprint density at radius 1 is 1.40 bits per heavy atom. The lowest BCUT2D eigenvalue weighted by Crippen LogP contribution is -2.18. The number of carbonyl (C=O) groups is 1. The van der Waals surface area contributed by atoms with Gasteiger partial charge in [-0.25, -0.2) is 0 Å². The number of nitrogens with zero attached hydrogens (tertiary/aromatic N) is 2. The van der Waals surface area contributed by atoms with Crippen LogP contribution in [-0.2, 0) is 4.79 Å². The van der Waals surface area contributed by atoms with Gasteiger partial charge in [-0.2, -0.15) is 5.10 Å². The number of anilines is 1. The van der Waals surface area contributed by atoms with Gasteiger partial charge >= 0.3 is 0 Å². The van der Waals surface area contributed by atoms with Gasteiger partial charge in [0.2, 0.25) is 5.91 Å². The molecule has 1 amide bonds. The first-order valence-electron chi connectivity index (χ1n) is 6.53. The number of benzene rings is 1. The Labute approximate surface area is 123 Å². The molecular formula is C15H18ClN3O. The summed E-state index contributed by atoms with van der Waals surface area (Å²) in [5, 5.41) is 7.89. The van der Waals surface area contributed by atoms with Gasteiger partial charge < -0.3 is 5.32 Å². The minimum absolute atomic E-state index is 0.0244. The minimum Gasteiger partial charge on any atom is -0.326 e. The average Bonchev–Trinajstić information content (AvgIpc) is 2.79. The van der Waals surface area contributed by atoms with Crippen LogP contribution in [0, 0.1) is 13.8 Å². The molecular weight excluding hydrogens is 274 g/mol. The van der Waals surface area contributed by atoms with Crippen molar-refractivity contribution in [3.8, 4) is 0 Å². The standard InChI is InChI=1S/C15H18ClN3O/c1-10-8-13(16)4-5-14(10)17-15(20)9-12(3)19-7-6-11(2)18-19/h4-8,12H,9H2,1-3H3,(H,17,20). The van der Waals surface area contributed by atoms with Crippen LogP contribution in [0.15, 0.2) is 30.5 Å². The molecule has 2 rings (SSSR count). The number of aromatic nitrogens is 2. The molecule has 0 spiro atoms. The predicted octanol–water partition coefficient (Wildman–Crippen LogP) is 3.74. The van der Waals surface area contributed by atoms with E-state index in [4.69, 9.17) is 11.6 Å². The minimum atomic E-state index is -0.0314. The molecule has 4 nitrogen and oxygen atoms in total. The van der Waals surface area contributed by atoms with Crippen LogP contribution < -0.4 is 5.32 Å². The van der Waals surface area contributed by atoms with E-state index in [0.29, 0.717) is 11.4 Å². The third-order valence-corrected chi connectivity index (χ3v) is 3.37. The summed E-state index contributed by atoms with van der Waals surface area (Å²) in [6.07, 6.45) is 2.27. The van der Waals surface area contributed by atoms with Gasteiger partial charge in [-0.3, -0.25) is 9.48 Å². The Bertz CT molecular complexity index is 621. The Kier molecular flexibility index (Phi) is 4.45. The average molecular weight is 292 g/mol. The lowest BCUT2D eigenvalue weighted by Gasteiger charge is -2.13. The zero-order chi connectivity index (χ0) is 14.7. The van der Waals surface area contributed by atoms with Crippen molar-refractivity contribution in [3.05, 3.63) is 46.7 Å². The summed E-state index contributed by atoms with van der Waals surface area (Å²) in [7, 11) is 0. The molecule has 20 heavy (non-hydrogen) atoms. The molecule has 0 aliphatic carbocycles. The van der Waals surface area contributed by atoms with E-state index in [9.17, 15) is 4.79 Å².